The molecular weight excluding hydrogens is 593 g/mol. The molecule has 6 rings (SSSR count). The van der Waals surface area contributed by atoms with Gasteiger partial charge in [-0.25, -0.2) is 5.01 Å². The fraction of sp³-hybridized carbons (Fsp3) is 0.182. The first kappa shape index (κ1) is 29.3. The van der Waals surface area contributed by atoms with Crippen molar-refractivity contribution in [2.24, 2.45) is 5.10 Å². The number of rotatable bonds is 10. The third-order valence-corrected chi connectivity index (χ3v) is 9.04. The molecule has 1 N–H and O–H groups in total. The molecule has 2 aromatic heterocycles. The van der Waals surface area contributed by atoms with Gasteiger partial charge in [0.1, 0.15) is 5.75 Å². The quantitative estimate of drug-likeness (QED) is 0.191. The number of nitrogens with zero attached hydrogens (tertiary/aromatic N) is 5. The van der Waals surface area contributed by atoms with E-state index in [1.54, 1.807) is 47.7 Å². The van der Waals surface area contributed by atoms with Gasteiger partial charge in [-0.3, -0.25) is 14.2 Å². The van der Waals surface area contributed by atoms with E-state index in [4.69, 9.17) is 9.84 Å². The van der Waals surface area contributed by atoms with Gasteiger partial charge >= 0.3 is 0 Å². The summed E-state index contributed by atoms with van der Waals surface area (Å²) < 4.78 is 7.11. The van der Waals surface area contributed by atoms with Crippen LogP contribution in [0, 0.1) is 6.92 Å². The van der Waals surface area contributed by atoms with Crippen LogP contribution in [0.5, 0.6) is 5.75 Å². The smallest absolute Gasteiger partial charge is 0.253 e. The zero-order valence-electron chi connectivity index (χ0n) is 24.2. The van der Waals surface area contributed by atoms with Crippen LogP contribution in [0.3, 0.4) is 0 Å². The summed E-state index contributed by atoms with van der Waals surface area (Å²) in [6.07, 6.45) is 0.650. The first-order valence-electron chi connectivity index (χ1n) is 14.0. The molecule has 1 aliphatic heterocycles. The number of nitrogens with one attached hydrogen (secondary N) is 1. The van der Waals surface area contributed by atoms with Crippen molar-refractivity contribution in [1.82, 2.24) is 25.1 Å². The molecule has 44 heavy (non-hydrogen) atoms. The number of hydrogen-bond acceptors (Lipinski definition) is 8. The van der Waals surface area contributed by atoms with Crippen LogP contribution in [0.2, 0.25) is 0 Å². The van der Waals surface area contributed by atoms with Gasteiger partial charge in [-0.05, 0) is 54.3 Å². The second-order valence-corrected chi connectivity index (χ2v) is 12.1. The lowest BCUT2D eigenvalue weighted by atomic mass is 10.00. The number of aryl methyl sites for hydroxylation is 1. The zero-order chi connectivity index (χ0) is 30.5. The molecule has 1 aliphatic rings. The second-order valence-electron chi connectivity index (χ2n) is 10.2. The monoisotopic (exact) mass is 622 g/mol. The molecule has 1 atom stereocenters. The van der Waals surface area contributed by atoms with Crippen LogP contribution in [-0.4, -0.2) is 50.2 Å². The average molecular weight is 623 g/mol. The maximum atomic E-state index is 13.7. The largest absolute Gasteiger partial charge is 0.497 e. The van der Waals surface area contributed by atoms with Crippen LogP contribution in [0.4, 0.5) is 0 Å². The van der Waals surface area contributed by atoms with E-state index in [9.17, 15) is 9.59 Å². The fourth-order valence-corrected chi connectivity index (χ4v) is 6.49. The van der Waals surface area contributed by atoms with Crippen molar-refractivity contribution in [3.05, 3.63) is 124 Å². The normalized spacial score (nSPS) is 14.4. The topological polar surface area (TPSA) is 102 Å². The molecule has 5 aromatic rings. The summed E-state index contributed by atoms with van der Waals surface area (Å²) in [5.74, 6) is 0.876. The number of thiophene rings is 1. The summed E-state index contributed by atoms with van der Waals surface area (Å²) in [5, 5.41) is 20.7. The Labute approximate surface area is 263 Å². The number of aromatic nitrogens is 3. The number of thioether (sulfide) groups is 1. The van der Waals surface area contributed by atoms with Crippen molar-refractivity contribution in [1.29, 1.82) is 0 Å². The van der Waals surface area contributed by atoms with E-state index >= 15 is 0 Å². The molecule has 11 heteroatoms. The third kappa shape index (κ3) is 6.43. The van der Waals surface area contributed by atoms with E-state index in [-0.39, 0.29) is 30.2 Å². The standard InChI is InChI=1S/C33H30N6O3S2/c1-22-13-15-23(16-14-22)28-19-27(29-12-7-17-43-29)37-39(28)31(40)21-44-33-36-35-30(38(33)25-9-4-3-5-10-25)20-34-32(41)24-8-6-11-26(18-24)42-2/h3-18,28H,19-21H2,1-2H3,(H,34,41). The maximum absolute atomic E-state index is 13.7. The first-order chi connectivity index (χ1) is 21.5. The summed E-state index contributed by atoms with van der Waals surface area (Å²) in [7, 11) is 1.56. The average Bonchev–Trinajstić information content (AvgIpc) is 3.83. The van der Waals surface area contributed by atoms with Gasteiger partial charge in [-0.2, -0.15) is 5.10 Å². The Hall–Kier alpha value is -4.74. The van der Waals surface area contributed by atoms with Crippen LogP contribution >= 0.6 is 23.1 Å². The second kappa shape index (κ2) is 13.3. The highest BCUT2D eigenvalue weighted by Gasteiger charge is 2.33. The highest BCUT2D eigenvalue weighted by molar-refractivity contribution is 7.99. The van der Waals surface area contributed by atoms with E-state index in [0.717, 1.165) is 27.4 Å². The number of benzene rings is 3. The van der Waals surface area contributed by atoms with Crippen molar-refractivity contribution in [2.45, 2.75) is 31.1 Å². The highest BCUT2D eigenvalue weighted by atomic mass is 32.2. The Morgan fingerprint density at radius 2 is 1.82 bits per heavy atom. The van der Waals surface area contributed by atoms with Crippen LogP contribution in [0.25, 0.3) is 5.69 Å². The van der Waals surface area contributed by atoms with Crippen LogP contribution in [-0.2, 0) is 11.3 Å². The lowest BCUT2D eigenvalue weighted by Crippen LogP contribution is -2.28. The minimum atomic E-state index is -0.258. The molecule has 2 amide bonds. The maximum Gasteiger partial charge on any atom is 0.253 e. The Morgan fingerprint density at radius 1 is 1.00 bits per heavy atom. The molecule has 3 heterocycles. The minimum absolute atomic E-state index is 0.116. The molecule has 0 spiro atoms. The molecule has 0 bridgehead atoms. The molecule has 3 aromatic carbocycles. The summed E-state index contributed by atoms with van der Waals surface area (Å²) in [5.41, 5.74) is 4.42. The van der Waals surface area contributed by atoms with E-state index < -0.39 is 0 Å². The predicted molar refractivity (Wildman–Crippen MR) is 172 cm³/mol. The molecule has 222 valence electrons. The Kier molecular flexibility index (Phi) is 8.85. The van der Waals surface area contributed by atoms with Gasteiger partial charge in [0.2, 0.25) is 0 Å². The van der Waals surface area contributed by atoms with E-state index in [1.165, 1.54) is 11.8 Å². The van der Waals surface area contributed by atoms with Crippen molar-refractivity contribution in [3.8, 4) is 11.4 Å². The summed E-state index contributed by atoms with van der Waals surface area (Å²) in [6.45, 7) is 2.19. The van der Waals surface area contributed by atoms with Gasteiger partial charge in [0.15, 0.2) is 11.0 Å². The van der Waals surface area contributed by atoms with Crippen LogP contribution < -0.4 is 10.1 Å². The molecule has 0 radical (unpaired) electrons. The van der Waals surface area contributed by atoms with Crippen molar-refractivity contribution in [3.63, 3.8) is 0 Å². The number of hydrazone groups is 1. The molecule has 0 saturated carbocycles. The van der Waals surface area contributed by atoms with E-state index in [0.29, 0.717) is 28.7 Å². The number of methoxy groups -OCH3 is 1. The molecule has 0 aliphatic carbocycles. The molecular formula is C33H30N6O3S2. The van der Waals surface area contributed by atoms with Gasteiger partial charge in [0.25, 0.3) is 11.8 Å². The molecule has 1 unspecified atom stereocenters. The number of ether oxygens (including phenoxy) is 1. The fourth-order valence-electron chi connectivity index (χ4n) is 4.94. The summed E-state index contributed by atoms with van der Waals surface area (Å²) >= 11 is 2.92. The SMILES string of the molecule is COc1cccc(C(=O)NCc2nnc(SCC(=O)N3N=C(c4cccs4)CC3c3ccc(C)cc3)n2-c2ccccc2)c1. The lowest BCUT2D eigenvalue weighted by molar-refractivity contribution is -0.130. The summed E-state index contributed by atoms with van der Waals surface area (Å²) in [6, 6.07) is 28.7. The third-order valence-electron chi connectivity index (χ3n) is 7.21. The molecule has 9 nitrogen and oxygen atoms in total. The Bertz CT molecular complexity index is 1790. The van der Waals surface area contributed by atoms with Crippen molar-refractivity contribution < 1.29 is 14.3 Å². The van der Waals surface area contributed by atoms with Gasteiger partial charge in [0, 0.05) is 17.7 Å². The summed E-state index contributed by atoms with van der Waals surface area (Å²) in [4.78, 5) is 27.7. The van der Waals surface area contributed by atoms with Gasteiger partial charge < -0.3 is 10.1 Å². The predicted octanol–water partition coefficient (Wildman–Crippen LogP) is 6.05. The number of hydrogen-bond donors (Lipinski definition) is 1. The zero-order valence-corrected chi connectivity index (χ0v) is 25.8. The van der Waals surface area contributed by atoms with Gasteiger partial charge in [-0.1, -0.05) is 71.9 Å². The minimum Gasteiger partial charge on any atom is -0.497 e. The lowest BCUT2D eigenvalue weighted by Gasteiger charge is -2.22. The van der Waals surface area contributed by atoms with Crippen LogP contribution in [0.1, 0.15) is 44.6 Å². The Morgan fingerprint density at radius 3 is 2.57 bits per heavy atom. The Balaban J connectivity index is 1.21. The van der Waals surface area contributed by atoms with Crippen molar-refractivity contribution >= 4 is 40.6 Å². The first-order valence-corrected chi connectivity index (χ1v) is 15.9. The highest BCUT2D eigenvalue weighted by Crippen LogP contribution is 2.35. The number of carbonyl (C=O) groups excluding carboxylic acids is 2. The van der Waals surface area contributed by atoms with E-state index in [1.807, 2.05) is 59.3 Å². The number of amides is 2. The van der Waals surface area contributed by atoms with Gasteiger partial charge in [-0.15, -0.1) is 21.5 Å². The number of para-hydroxylation sites is 1. The van der Waals surface area contributed by atoms with Gasteiger partial charge in [0.05, 0.1) is 36.0 Å². The van der Waals surface area contributed by atoms with Crippen LogP contribution in [0.15, 0.2) is 107 Å². The molecule has 0 fully saturated rings. The van der Waals surface area contributed by atoms with Crippen molar-refractivity contribution in [2.75, 3.05) is 12.9 Å². The molecule has 0 saturated heterocycles. The number of carbonyl (C=O) groups is 2. The van der Waals surface area contributed by atoms with E-state index in [2.05, 4.69) is 39.8 Å².